The van der Waals surface area contributed by atoms with Crippen LogP contribution in [0.5, 0.6) is 5.75 Å². The number of ether oxygens (including phenoxy) is 2. The number of rotatable bonds is 7. The summed E-state index contributed by atoms with van der Waals surface area (Å²) >= 11 is 1.22. The minimum atomic E-state index is -1.19. The molecule has 8 nitrogen and oxygen atoms in total. The lowest BCUT2D eigenvalue weighted by atomic mass is 10.1. The normalized spacial score (nSPS) is 11.5. The maximum Gasteiger partial charge on any atom is 0.358 e. The number of nitrogens with zero attached hydrogens (tertiary/aromatic N) is 3. The first-order valence-corrected chi connectivity index (χ1v) is 10.9. The summed E-state index contributed by atoms with van der Waals surface area (Å²) in [5.41, 5.74) is 2.02. The van der Waals surface area contributed by atoms with Crippen molar-refractivity contribution >= 4 is 28.9 Å². The maximum atomic E-state index is 13.2. The number of hydrogen-bond donors (Lipinski definition) is 1. The maximum absolute atomic E-state index is 13.2. The quantitative estimate of drug-likeness (QED) is 0.406. The number of thiazole rings is 1. The summed E-state index contributed by atoms with van der Waals surface area (Å²) in [6.07, 6.45) is 2.00. The summed E-state index contributed by atoms with van der Waals surface area (Å²) in [4.78, 5) is 38.6. The first-order valence-electron chi connectivity index (χ1n) is 9.99. The Morgan fingerprint density at radius 2 is 1.79 bits per heavy atom. The molecule has 1 atom stereocenters. The van der Waals surface area contributed by atoms with Gasteiger partial charge in [-0.3, -0.25) is 4.79 Å². The summed E-state index contributed by atoms with van der Waals surface area (Å²) in [7, 11) is 1.52. The third-order valence-electron chi connectivity index (χ3n) is 4.65. The van der Waals surface area contributed by atoms with E-state index >= 15 is 0 Å². The lowest BCUT2D eigenvalue weighted by Crippen LogP contribution is -2.26. The first-order chi connectivity index (χ1) is 16.0. The second-order valence-electron chi connectivity index (χ2n) is 7.00. The van der Waals surface area contributed by atoms with E-state index in [1.165, 1.54) is 18.4 Å². The molecule has 0 saturated heterocycles. The van der Waals surface area contributed by atoms with Gasteiger partial charge in [0, 0.05) is 23.3 Å². The molecular formula is C24H20N4O4S. The van der Waals surface area contributed by atoms with Gasteiger partial charge in [0.15, 0.2) is 16.5 Å². The van der Waals surface area contributed by atoms with Crippen LogP contribution in [0.1, 0.15) is 27.7 Å². The van der Waals surface area contributed by atoms with Crippen molar-refractivity contribution in [1.29, 1.82) is 0 Å². The van der Waals surface area contributed by atoms with Crippen LogP contribution in [0.4, 0.5) is 5.69 Å². The Morgan fingerprint density at radius 1 is 1.03 bits per heavy atom. The molecule has 9 heteroatoms. The number of anilines is 1. The van der Waals surface area contributed by atoms with Crippen LogP contribution in [-0.2, 0) is 9.53 Å². The summed E-state index contributed by atoms with van der Waals surface area (Å²) in [5.74, 6) is -0.335. The second kappa shape index (κ2) is 10.0. The lowest BCUT2D eigenvalue weighted by molar-refractivity contribution is -0.125. The Kier molecular flexibility index (Phi) is 6.70. The Bertz CT molecular complexity index is 1260. The SMILES string of the molecule is COc1ccc(C)cc1NC(=O)C(OC(=O)c1csc(-c2ncccn2)n1)c1ccccc1. The fourth-order valence-corrected chi connectivity index (χ4v) is 3.80. The summed E-state index contributed by atoms with van der Waals surface area (Å²) in [6.45, 7) is 1.90. The molecule has 0 radical (unpaired) electrons. The second-order valence-corrected chi connectivity index (χ2v) is 7.86. The fourth-order valence-electron chi connectivity index (χ4n) is 3.07. The van der Waals surface area contributed by atoms with E-state index in [2.05, 4.69) is 20.3 Å². The summed E-state index contributed by atoms with van der Waals surface area (Å²) < 4.78 is 11.0. The Labute approximate surface area is 194 Å². The molecule has 0 bridgehead atoms. The molecule has 166 valence electrons. The fraction of sp³-hybridized carbons (Fsp3) is 0.125. The molecule has 0 aliphatic rings. The van der Waals surface area contributed by atoms with Crippen molar-refractivity contribution in [2.75, 3.05) is 12.4 Å². The molecule has 2 heterocycles. The van der Waals surface area contributed by atoms with Crippen LogP contribution in [0, 0.1) is 6.92 Å². The van der Waals surface area contributed by atoms with E-state index < -0.39 is 18.0 Å². The van der Waals surface area contributed by atoms with Gasteiger partial charge in [-0.1, -0.05) is 36.4 Å². The number of aromatic nitrogens is 3. The molecule has 33 heavy (non-hydrogen) atoms. The van der Waals surface area contributed by atoms with Crippen molar-refractivity contribution in [1.82, 2.24) is 15.0 Å². The number of carbonyl (C=O) groups excluding carboxylic acids is 2. The Morgan fingerprint density at radius 3 is 2.52 bits per heavy atom. The molecular weight excluding hydrogens is 440 g/mol. The molecule has 0 aliphatic carbocycles. The zero-order valence-electron chi connectivity index (χ0n) is 17.9. The highest BCUT2D eigenvalue weighted by Crippen LogP contribution is 2.28. The van der Waals surface area contributed by atoms with Gasteiger partial charge in [0.1, 0.15) is 5.75 Å². The standard InChI is InChI=1S/C24H20N4O4S/c1-15-9-10-19(31-2)17(13-15)27-22(29)20(16-7-4-3-5-8-16)32-24(30)18-14-33-23(28-18)21-25-11-6-12-26-21/h3-14,20H,1-2H3,(H,27,29). The number of benzene rings is 2. The van der Waals surface area contributed by atoms with Crippen molar-refractivity contribution in [3.63, 3.8) is 0 Å². The van der Waals surface area contributed by atoms with E-state index in [9.17, 15) is 9.59 Å². The van der Waals surface area contributed by atoms with Crippen molar-refractivity contribution in [3.05, 3.63) is 89.2 Å². The predicted molar refractivity (Wildman–Crippen MR) is 124 cm³/mol. The summed E-state index contributed by atoms with van der Waals surface area (Å²) in [6, 6.07) is 15.9. The highest BCUT2D eigenvalue weighted by atomic mass is 32.1. The Hall–Kier alpha value is -4.11. The van der Waals surface area contributed by atoms with Crippen molar-refractivity contribution < 1.29 is 19.1 Å². The van der Waals surface area contributed by atoms with Crippen LogP contribution in [0.3, 0.4) is 0 Å². The smallest absolute Gasteiger partial charge is 0.358 e. The molecule has 0 fully saturated rings. The van der Waals surface area contributed by atoms with Crippen LogP contribution >= 0.6 is 11.3 Å². The number of methoxy groups -OCH3 is 1. The van der Waals surface area contributed by atoms with Gasteiger partial charge >= 0.3 is 5.97 Å². The van der Waals surface area contributed by atoms with Crippen LogP contribution in [0.2, 0.25) is 0 Å². The molecule has 4 rings (SSSR count). The average molecular weight is 461 g/mol. The molecule has 0 saturated carbocycles. The largest absolute Gasteiger partial charge is 0.495 e. The van der Waals surface area contributed by atoms with E-state index in [1.807, 2.05) is 19.1 Å². The molecule has 4 aromatic rings. The molecule has 1 N–H and O–H groups in total. The van der Waals surface area contributed by atoms with E-state index in [1.54, 1.807) is 60.2 Å². The number of amides is 1. The minimum absolute atomic E-state index is 0.0734. The zero-order chi connectivity index (χ0) is 23.2. The highest BCUT2D eigenvalue weighted by Gasteiger charge is 2.28. The number of esters is 1. The topological polar surface area (TPSA) is 103 Å². The molecule has 1 amide bonds. The van der Waals surface area contributed by atoms with Gasteiger partial charge in [0.25, 0.3) is 5.91 Å². The van der Waals surface area contributed by atoms with E-state index in [0.717, 1.165) is 5.56 Å². The third kappa shape index (κ3) is 5.21. The average Bonchev–Trinajstić information content (AvgIpc) is 3.34. The van der Waals surface area contributed by atoms with Gasteiger partial charge < -0.3 is 14.8 Å². The predicted octanol–water partition coefficient (Wildman–Crippen LogP) is 4.45. The van der Waals surface area contributed by atoms with Gasteiger partial charge in [-0.15, -0.1) is 11.3 Å². The van der Waals surface area contributed by atoms with Crippen LogP contribution in [0.25, 0.3) is 10.8 Å². The molecule has 0 aliphatic heterocycles. The van der Waals surface area contributed by atoms with Gasteiger partial charge in [-0.2, -0.15) is 0 Å². The van der Waals surface area contributed by atoms with E-state index in [-0.39, 0.29) is 5.69 Å². The van der Waals surface area contributed by atoms with Crippen molar-refractivity contribution in [2.45, 2.75) is 13.0 Å². The number of aryl methyl sites for hydroxylation is 1. The first kappa shape index (κ1) is 22.1. The third-order valence-corrected chi connectivity index (χ3v) is 5.49. The van der Waals surface area contributed by atoms with Gasteiger partial charge in [0.2, 0.25) is 6.10 Å². The Balaban J connectivity index is 1.58. The number of nitrogens with one attached hydrogen (secondary N) is 1. The molecule has 0 spiro atoms. The van der Waals surface area contributed by atoms with E-state index in [0.29, 0.717) is 27.8 Å². The highest BCUT2D eigenvalue weighted by molar-refractivity contribution is 7.13. The van der Waals surface area contributed by atoms with Gasteiger partial charge in [-0.25, -0.2) is 19.7 Å². The van der Waals surface area contributed by atoms with Crippen molar-refractivity contribution in [3.8, 4) is 16.6 Å². The molecule has 1 unspecified atom stereocenters. The monoisotopic (exact) mass is 460 g/mol. The molecule has 2 aromatic heterocycles. The van der Waals surface area contributed by atoms with Crippen LogP contribution < -0.4 is 10.1 Å². The van der Waals surface area contributed by atoms with Crippen molar-refractivity contribution in [2.24, 2.45) is 0 Å². The number of hydrogen-bond acceptors (Lipinski definition) is 8. The van der Waals surface area contributed by atoms with Crippen LogP contribution in [0.15, 0.2) is 72.4 Å². The lowest BCUT2D eigenvalue weighted by Gasteiger charge is -2.19. The van der Waals surface area contributed by atoms with E-state index in [4.69, 9.17) is 9.47 Å². The minimum Gasteiger partial charge on any atom is -0.495 e. The zero-order valence-corrected chi connectivity index (χ0v) is 18.7. The van der Waals surface area contributed by atoms with Gasteiger partial charge in [-0.05, 0) is 30.7 Å². The molecule has 2 aromatic carbocycles. The number of carbonyl (C=O) groups is 2. The van der Waals surface area contributed by atoms with Gasteiger partial charge in [0.05, 0.1) is 12.8 Å². The summed E-state index contributed by atoms with van der Waals surface area (Å²) in [5, 5.41) is 4.84. The van der Waals surface area contributed by atoms with Crippen LogP contribution in [-0.4, -0.2) is 33.9 Å².